The molecule has 1 fully saturated rings. The molecule has 0 atom stereocenters. The van der Waals surface area contributed by atoms with Crippen LogP contribution in [-0.4, -0.2) is 25.3 Å². The minimum Gasteiger partial charge on any atom is -0.346 e. The van der Waals surface area contributed by atoms with Crippen molar-refractivity contribution < 1.29 is 9.47 Å². The van der Waals surface area contributed by atoms with Crippen LogP contribution >= 0.6 is 11.8 Å². The van der Waals surface area contributed by atoms with E-state index >= 15 is 0 Å². The van der Waals surface area contributed by atoms with Crippen molar-refractivity contribution in [2.75, 3.05) is 19.0 Å². The summed E-state index contributed by atoms with van der Waals surface area (Å²) in [4.78, 5) is 1.20. The van der Waals surface area contributed by atoms with Crippen molar-refractivity contribution in [1.29, 1.82) is 0 Å². The van der Waals surface area contributed by atoms with Gasteiger partial charge in [-0.1, -0.05) is 13.0 Å². The Bertz CT molecular complexity index is 139. The summed E-state index contributed by atoms with van der Waals surface area (Å²) < 4.78 is 10.7. The Labute approximate surface area is 71.9 Å². The fourth-order valence-corrected chi connectivity index (χ4v) is 1.75. The topological polar surface area (TPSA) is 18.5 Å². The number of thioether (sulfide) groups is 1. The van der Waals surface area contributed by atoms with Gasteiger partial charge in [-0.25, -0.2) is 0 Å². The van der Waals surface area contributed by atoms with Crippen LogP contribution in [0.1, 0.15) is 13.8 Å². The van der Waals surface area contributed by atoms with E-state index in [-0.39, 0.29) is 6.29 Å². The molecule has 0 aromatic carbocycles. The van der Waals surface area contributed by atoms with Crippen molar-refractivity contribution in [3.8, 4) is 0 Å². The van der Waals surface area contributed by atoms with Gasteiger partial charge in [0.1, 0.15) is 0 Å². The lowest BCUT2D eigenvalue weighted by Crippen LogP contribution is -2.08. The van der Waals surface area contributed by atoms with E-state index in [9.17, 15) is 0 Å². The van der Waals surface area contributed by atoms with E-state index in [4.69, 9.17) is 9.47 Å². The molecule has 1 aliphatic rings. The summed E-state index contributed by atoms with van der Waals surface area (Å²) in [6.07, 6.45) is 1.98. The van der Waals surface area contributed by atoms with Crippen LogP contribution in [0.25, 0.3) is 0 Å². The number of ether oxygens (including phenoxy) is 2. The van der Waals surface area contributed by atoms with Crippen LogP contribution in [0.2, 0.25) is 0 Å². The second-order valence-electron chi connectivity index (χ2n) is 2.20. The summed E-state index contributed by atoms with van der Waals surface area (Å²) in [7, 11) is 0. The normalized spacial score (nSPS) is 21.1. The summed E-state index contributed by atoms with van der Waals surface area (Å²) in [5.74, 6) is 1.07. The van der Waals surface area contributed by atoms with Gasteiger partial charge < -0.3 is 9.47 Å². The molecule has 1 rings (SSSR count). The number of hydrogen-bond donors (Lipinski definition) is 0. The van der Waals surface area contributed by atoms with Crippen LogP contribution in [0, 0.1) is 0 Å². The molecule has 11 heavy (non-hydrogen) atoms. The SMILES string of the molecule is C/C=C(\SCC)C1OCCO1. The maximum absolute atomic E-state index is 5.35. The van der Waals surface area contributed by atoms with E-state index in [0.29, 0.717) is 0 Å². The maximum Gasteiger partial charge on any atom is 0.189 e. The zero-order valence-corrected chi connectivity index (χ0v) is 7.82. The number of allylic oxidation sites excluding steroid dienone is 1. The second-order valence-corrected chi connectivity index (χ2v) is 3.53. The first kappa shape index (κ1) is 9.10. The first-order valence-electron chi connectivity index (χ1n) is 3.90. The van der Waals surface area contributed by atoms with Crippen molar-refractivity contribution in [3.05, 3.63) is 11.0 Å². The Morgan fingerprint density at radius 2 is 2.18 bits per heavy atom. The molecule has 0 aromatic rings. The van der Waals surface area contributed by atoms with Crippen molar-refractivity contribution in [1.82, 2.24) is 0 Å². The largest absolute Gasteiger partial charge is 0.346 e. The van der Waals surface area contributed by atoms with Crippen LogP contribution in [0.4, 0.5) is 0 Å². The summed E-state index contributed by atoms with van der Waals surface area (Å²) >= 11 is 1.78. The Hall–Kier alpha value is 0.01000. The van der Waals surface area contributed by atoms with Crippen LogP contribution in [0.3, 0.4) is 0 Å². The quantitative estimate of drug-likeness (QED) is 0.652. The molecule has 1 aliphatic heterocycles. The average Bonchev–Trinajstić information content (AvgIpc) is 2.52. The summed E-state index contributed by atoms with van der Waals surface area (Å²) in [6, 6.07) is 0. The van der Waals surface area contributed by atoms with Crippen LogP contribution in [-0.2, 0) is 9.47 Å². The molecule has 0 unspecified atom stereocenters. The molecule has 0 bridgehead atoms. The Morgan fingerprint density at radius 3 is 2.64 bits per heavy atom. The summed E-state index contributed by atoms with van der Waals surface area (Å²) in [5, 5.41) is 0. The van der Waals surface area contributed by atoms with Crippen molar-refractivity contribution in [2.24, 2.45) is 0 Å². The highest BCUT2D eigenvalue weighted by Crippen LogP contribution is 2.24. The van der Waals surface area contributed by atoms with Gasteiger partial charge in [-0.15, -0.1) is 11.8 Å². The van der Waals surface area contributed by atoms with Gasteiger partial charge in [-0.3, -0.25) is 0 Å². The first-order valence-corrected chi connectivity index (χ1v) is 4.89. The molecule has 3 heteroatoms. The molecule has 0 aromatic heterocycles. The molecular weight excluding hydrogens is 160 g/mol. The molecule has 2 nitrogen and oxygen atoms in total. The van der Waals surface area contributed by atoms with E-state index < -0.39 is 0 Å². The van der Waals surface area contributed by atoms with Gasteiger partial charge in [0.25, 0.3) is 0 Å². The minimum absolute atomic E-state index is 0.0788. The third-order valence-corrected chi connectivity index (χ3v) is 2.50. The van der Waals surface area contributed by atoms with E-state index in [1.165, 1.54) is 4.91 Å². The third kappa shape index (κ3) is 2.51. The van der Waals surface area contributed by atoms with E-state index in [0.717, 1.165) is 19.0 Å². The van der Waals surface area contributed by atoms with Crippen LogP contribution in [0.15, 0.2) is 11.0 Å². The molecule has 0 saturated carbocycles. The van der Waals surface area contributed by atoms with Gasteiger partial charge >= 0.3 is 0 Å². The van der Waals surface area contributed by atoms with E-state index in [1.54, 1.807) is 11.8 Å². The zero-order valence-electron chi connectivity index (χ0n) is 7.00. The molecule has 64 valence electrons. The Kier molecular flexibility index (Phi) is 3.97. The number of hydrogen-bond acceptors (Lipinski definition) is 3. The summed E-state index contributed by atoms with van der Waals surface area (Å²) in [6.45, 7) is 5.60. The Balaban J connectivity index is 2.41. The lowest BCUT2D eigenvalue weighted by Gasteiger charge is -2.11. The predicted molar refractivity (Wildman–Crippen MR) is 47.6 cm³/mol. The molecule has 0 aliphatic carbocycles. The standard InChI is InChI=1S/C8H14O2S/c1-3-7(11-4-2)8-9-5-6-10-8/h3,8H,4-6H2,1-2H3/b7-3-. The van der Waals surface area contributed by atoms with Crippen molar-refractivity contribution in [2.45, 2.75) is 20.1 Å². The maximum atomic E-state index is 5.35. The summed E-state index contributed by atoms with van der Waals surface area (Å²) in [5.41, 5.74) is 0. The van der Waals surface area contributed by atoms with E-state index in [1.807, 2.05) is 6.92 Å². The van der Waals surface area contributed by atoms with Gasteiger partial charge in [-0.05, 0) is 12.7 Å². The average molecular weight is 174 g/mol. The lowest BCUT2D eigenvalue weighted by atomic mass is 10.5. The van der Waals surface area contributed by atoms with Gasteiger partial charge in [-0.2, -0.15) is 0 Å². The highest BCUT2D eigenvalue weighted by molar-refractivity contribution is 8.03. The zero-order chi connectivity index (χ0) is 8.10. The predicted octanol–water partition coefficient (Wildman–Crippen LogP) is 2.02. The highest BCUT2D eigenvalue weighted by Gasteiger charge is 2.19. The fraction of sp³-hybridized carbons (Fsp3) is 0.750. The van der Waals surface area contributed by atoms with Gasteiger partial charge in [0.2, 0.25) is 0 Å². The molecule has 0 N–H and O–H groups in total. The molecule has 0 spiro atoms. The number of rotatable bonds is 3. The lowest BCUT2D eigenvalue weighted by molar-refractivity contribution is -0.00465. The minimum atomic E-state index is -0.0788. The van der Waals surface area contributed by atoms with Gasteiger partial charge in [0, 0.05) is 4.91 Å². The monoisotopic (exact) mass is 174 g/mol. The smallest absolute Gasteiger partial charge is 0.189 e. The van der Waals surface area contributed by atoms with Gasteiger partial charge in [0.05, 0.1) is 13.2 Å². The van der Waals surface area contributed by atoms with Crippen molar-refractivity contribution >= 4 is 11.8 Å². The van der Waals surface area contributed by atoms with Crippen LogP contribution < -0.4 is 0 Å². The molecule has 1 saturated heterocycles. The molecule has 0 amide bonds. The third-order valence-electron chi connectivity index (χ3n) is 1.45. The Morgan fingerprint density at radius 1 is 1.55 bits per heavy atom. The molecular formula is C8H14O2S. The van der Waals surface area contributed by atoms with E-state index in [2.05, 4.69) is 13.0 Å². The molecule has 1 heterocycles. The second kappa shape index (κ2) is 4.80. The van der Waals surface area contributed by atoms with Crippen molar-refractivity contribution in [3.63, 3.8) is 0 Å². The van der Waals surface area contributed by atoms with Gasteiger partial charge in [0.15, 0.2) is 6.29 Å². The molecule has 0 radical (unpaired) electrons. The first-order chi connectivity index (χ1) is 5.38. The fourth-order valence-electron chi connectivity index (χ4n) is 0.977. The highest BCUT2D eigenvalue weighted by atomic mass is 32.2. The van der Waals surface area contributed by atoms with Crippen LogP contribution in [0.5, 0.6) is 0 Å².